The summed E-state index contributed by atoms with van der Waals surface area (Å²) in [5, 5.41) is 1.37. The van der Waals surface area contributed by atoms with Gasteiger partial charge in [-0.25, -0.2) is 0 Å². The maximum atomic E-state index is 12.3. The number of amides is 2. The third kappa shape index (κ3) is 3.81. The number of halogens is 1. The van der Waals surface area contributed by atoms with Crippen molar-refractivity contribution in [2.75, 3.05) is 0 Å². The van der Waals surface area contributed by atoms with Gasteiger partial charge in [0.2, 0.25) is 0 Å². The molecule has 1 heterocycles. The van der Waals surface area contributed by atoms with Crippen molar-refractivity contribution >= 4 is 34.3 Å². The van der Waals surface area contributed by atoms with Crippen LogP contribution in [0.4, 0.5) is 0 Å². The summed E-state index contributed by atoms with van der Waals surface area (Å²) in [6, 6.07) is 12.6. The number of aromatic nitrogens is 1. The van der Waals surface area contributed by atoms with Crippen LogP contribution in [0, 0.1) is 6.92 Å². The minimum absolute atomic E-state index is 0.411. The summed E-state index contributed by atoms with van der Waals surface area (Å²) < 4.78 is 5.63. The molecule has 2 aromatic carbocycles. The molecule has 26 heavy (non-hydrogen) atoms. The minimum atomic E-state index is -0.793. The molecule has 0 spiro atoms. The van der Waals surface area contributed by atoms with Crippen molar-refractivity contribution in [2.45, 2.75) is 20.0 Å². The molecule has 1 unspecified atom stereocenters. The Balaban J connectivity index is 1.60. The second-order valence-corrected chi connectivity index (χ2v) is 6.30. The van der Waals surface area contributed by atoms with Gasteiger partial charge in [-0.1, -0.05) is 29.8 Å². The monoisotopic (exact) mass is 371 g/mol. The number of aromatic amines is 1. The molecule has 1 aromatic heterocycles. The highest BCUT2D eigenvalue weighted by Gasteiger charge is 2.18. The molecule has 0 saturated carbocycles. The van der Waals surface area contributed by atoms with Gasteiger partial charge in [0.15, 0.2) is 6.10 Å². The van der Waals surface area contributed by atoms with Gasteiger partial charge < -0.3 is 9.72 Å². The van der Waals surface area contributed by atoms with Crippen molar-refractivity contribution in [3.63, 3.8) is 0 Å². The number of hydrazine groups is 1. The topological polar surface area (TPSA) is 83.2 Å². The summed E-state index contributed by atoms with van der Waals surface area (Å²) in [4.78, 5) is 27.5. The third-order valence-corrected chi connectivity index (χ3v) is 4.18. The van der Waals surface area contributed by atoms with Crippen molar-refractivity contribution in [3.05, 3.63) is 64.8 Å². The standard InChI is InChI=1S/C19H18ClN3O3/c1-11-9-13(20)7-8-17(11)26-12(2)18(24)22-23-19(25)15-10-21-16-6-4-3-5-14(15)16/h3-10,12,21H,1-2H3,(H,22,24)(H,23,25). The van der Waals surface area contributed by atoms with Crippen LogP contribution in [0.3, 0.4) is 0 Å². The van der Waals surface area contributed by atoms with Crippen molar-refractivity contribution < 1.29 is 14.3 Å². The van der Waals surface area contributed by atoms with Gasteiger partial charge in [0.1, 0.15) is 5.75 Å². The van der Waals surface area contributed by atoms with Gasteiger partial charge in [-0.15, -0.1) is 0 Å². The zero-order valence-electron chi connectivity index (χ0n) is 14.3. The van der Waals surface area contributed by atoms with Crippen LogP contribution in [0.5, 0.6) is 5.75 Å². The quantitative estimate of drug-likeness (QED) is 0.615. The Hall–Kier alpha value is -2.99. The molecular weight excluding hydrogens is 354 g/mol. The van der Waals surface area contributed by atoms with Crippen LogP contribution in [-0.2, 0) is 4.79 Å². The second kappa shape index (κ2) is 7.49. The zero-order chi connectivity index (χ0) is 18.7. The van der Waals surface area contributed by atoms with Gasteiger partial charge in [0.25, 0.3) is 11.8 Å². The molecule has 134 valence electrons. The van der Waals surface area contributed by atoms with Gasteiger partial charge in [0, 0.05) is 22.1 Å². The van der Waals surface area contributed by atoms with E-state index in [0.717, 1.165) is 16.5 Å². The number of para-hydroxylation sites is 1. The maximum absolute atomic E-state index is 12.3. The fourth-order valence-corrected chi connectivity index (χ4v) is 2.76. The number of H-pyrrole nitrogens is 1. The Kier molecular flexibility index (Phi) is 5.14. The van der Waals surface area contributed by atoms with E-state index in [1.54, 1.807) is 31.3 Å². The largest absolute Gasteiger partial charge is 0.481 e. The number of hydrogen-bond donors (Lipinski definition) is 3. The lowest BCUT2D eigenvalue weighted by molar-refractivity contribution is -0.128. The number of carbonyl (C=O) groups is 2. The predicted octanol–water partition coefficient (Wildman–Crippen LogP) is 3.36. The maximum Gasteiger partial charge on any atom is 0.279 e. The van der Waals surface area contributed by atoms with E-state index in [9.17, 15) is 9.59 Å². The first-order valence-electron chi connectivity index (χ1n) is 8.05. The van der Waals surface area contributed by atoms with Crippen LogP contribution >= 0.6 is 11.6 Å². The van der Waals surface area contributed by atoms with Gasteiger partial charge in [-0.05, 0) is 43.7 Å². The first kappa shape index (κ1) is 17.8. The first-order chi connectivity index (χ1) is 12.5. The van der Waals surface area contributed by atoms with E-state index >= 15 is 0 Å². The van der Waals surface area contributed by atoms with Gasteiger partial charge in [0.05, 0.1) is 5.56 Å². The van der Waals surface area contributed by atoms with Crippen molar-refractivity contribution in [1.82, 2.24) is 15.8 Å². The summed E-state index contributed by atoms with van der Waals surface area (Å²) in [5.74, 6) is -0.321. The summed E-state index contributed by atoms with van der Waals surface area (Å²) in [5.41, 5.74) is 6.90. The summed E-state index contributed by atoms with van der Waals surface area (Å²) in [6.45, 7) is 3.44. The second-order valence-electron chi connectivity index (χ2n) is 5.86. The predicted molar refractivity (Wildman–Crippen MR) is 100 cm³/mol. The molecule has 1 atom stereocenters. The van der Waals surface area contributed by atoms with E-state index in [4.69, 9.17) is 16.3 Å². The van der Waals surface area contributed by atoms with E-state index in [0.29, 0.717) is 16.3 Å². The summed E-state index contributed by atoms with van der Waals surface area (Å²) in [7, 11) is 0. The van der Waals surface area contributed by atoms with Crippen molar-refractivity contribution in [2.24, 2.45) is 0 Å². The molecule has 3 rings (SSSR count). The van der Waals surface area contributed by atoms with Crippen molar-refractivity contribution in [3.8, 4) is 5.75 Å². The molecule has 0 bridgehead atoms. The average Bonchev–Trinajstić information content (AvgIpc) is 3.06. The Morgan fingerprint density at radius 2 is 1.92 bits per heavy atom. The van der Waals surface area contributed by atoms with Gasteiger partial charge >= 0.3 is 0 Å². The van der Waals surface area contributed by atoms with E-state index < -0.39 is 17.9 Å². The Bertz CT molecular complexity index is 968. The van der Waals surface area contributed by atoms with Gasteiger partial charge in [-0.2, -0.15) is 0 Å². The molecule has 7 heteroatoms. The molecule has 3 aromatic rings. The number of nitrogens with one attached hydrogen (secondary N) is 3. The zero-order valence-corrected chi connectivity index (χ0v) is 15.1. The van der Waals surface area contributed by atoms with E-state index in [1.165, 1.54) is 0 Å². The lowest BCUT2D eigenvalue weighted by Crippen LogP contribution is -2.47. The molecular formula is C19H18ClN3O3. The number of fused-ring (bicyclic) bond motifs is 1. The van der Waals surface area contributed by atoms with E-state index in [-0.39, 0.29) is 0 Å². The smallest absolute Gasteiger partial charge is 0.279 e. The number of ether oxygens (including phenoxy) is 1. The number of carbonyl (C=O) groups excluding carboxylic acids is 2. The van der Waals surface area contributed by atoms with Crippen LogP contribution in [-0.4, -0.2) is 22.9 Å². The van der Waals surface area contributed by atoms with Crippen LogP contribution in [0.15, 0.2) is 48.7 Å². The lowest BCUT2D eigenvalue weighted by Gasteiger charge is -2.16. The minimum Gasteiger partial charge on any atom is -0.481 e. The van der Waals surface area contributed by atoms with Crippen LogP contribution in [0.1, 0.15) is 22.8 Å². The number of hydrogen-bond acceptors (Lipinski definition) is 3. The molecule has 6 nitrogen and oxygen atoms in total. The highest BCUT2D eigenvalue weighted by Crippen LogP contribution is 2.22. The molecule has 0 saturated heterocycles. The van der Waals surface area contributed by atoms with Crippen LogP contribution < -0.4 is 15.6 Å². The Morgan fingerprint density at radius 3 is 2.69 bits per heavy atom. The number of benzene rings is 2. The fraction of sp³-hybridized carbons (Fsp3) is 0.158. The lowest BCUT2D eigenvalue weighted by atomic mass is 10.2. The number of aryl methyl sites for hydroxylation is 1. The van der Waals surface area contributed by atoms with E-state index in [2.05, 4.69) is 15.8 Å². The Labute approximate surface area is 155 Å². The van der Waals surface area contributed by atoms with Crippen LogP contribution in [0.25, 0.3) is 10.9 Å². The molecule has 2 amide bonds. The molecule has 0 fully saturated rings. The average molecular weight is 372 g/mol. The molecule has 0 aliphatic rings. The molecule has 0 radical (unpaired) electrons. The molecule has 3 N–H and O–H groups in total. The first-order valence-corrected chi connectivity index (χ1v) is 8.42. The third-order valence-electron chi connectivity index (χ3n) is 3.94. The van der Waals surface area contributed by atoms with Crippen LogP contribution in [0.2, 0.25) is 5.02 Å². The van der Waals surface area contributed by atoms with E-state index in [1.807, 2.05) is 31.2 Å². The molecule has 0 aliphatic carbocycles. The highest BCUT2D eigenvalue weighted by atomic mass is 35.5. The highest BCUT2D eigenvalue weighted by molar-refractivity contribution is 6.30. The SMILES string of the molecule is Cc1cc(Cl)ccc1OC(C)C(=O)NNC(=O)c1c[nH]c2ccccc12. The number of rotatable bonds is 4. The summed E-state index contributed by atoms with van der Waals surface area (Å²) in [6.07, 6.45) is 0.807. The molecule has 0 aliphatic heterocycles. The fourth-order valence-electron chi connectivity index (χ4n) is 2.54. The Morgan fingerprint density at radius 1 is 1.15 bits per heavy atom. The normalized spacial score (nSPS) is 11.8. The van der Waals surface area contributed by atoms with Crippen molar-refractivity contribution in [1.29, 1.82) is 0 Å². The van der Waals surface area contributed by atoms with Gasteiger partial charge in [-0.3, -0.25) is 20.4 Å². The summed E-state index contributed by atoms with van der Waals surface area (Å²) >= 11 is 5.91.